The lowest BCUT2D eigenvalue weighted by molar-refractivity contribution is 0.600. The number of benzene rings is 1. The molecule has 9 heteroatoms. The van der Waals surface area contributed by atoms with Crippen molar-refractivity contribution in [2.24, 2.45) is 0 Å². The van der Waals surface area contributed by atoms with Crippen LogP contribution in [0.15, 0.2) is 43.0 Å². The number of anilines is 1. The van der Waals surface area contributed by atoms with Crippen LogP contribution in [-0.2, 0) is 0 Å². The zero-order valence-corrected chi connectivity index (χ0v) is 17.2. The van der Waals surface area contributed by atoms with Gasteiger partial charge in [0.05, 0.1) is 39.6 Å². The molecule has 1 aromatic carbocycles. The zero-order valence-electron chi connectivity index (χ0n) is 16.5. The van der Waals surface area contributed by atoms with Crippen LogP contribution in [0.2, 0.25) is 5.02 Å². The van der Waals surface area contributed by atoms with E-state index in [0.717, 1.165) is 0 Å². The Morgan fingerprint density at radius 2 is 1.84 bits per heavy atom. The first-order chi connectivity index (χ1) is 14.9. The SMILES string of the molecule is Cc1nc2cc(F)c(-c3cncnc3)nc2c(N[C@H](C)c2cc(C#N)ccc2F)c1Cl. The molecule has 0 radical (unpaired) electrons. The number of hydrogen-bond donors (Lipinski definition) is 1. The highest BCUT2D eigenvalue weighted by Crippen LogP contribution is 2.36. The molecular weight excluding hydrogens is 422 g/mol. The Hall–Kier alpha value is -3.70. The quantitative estimate of drug-likeness (QED) is 0.462. The molecule has 6 nitrogen and oxygen atoms in total. The van der Waals surface area contributed by atoms with E-state index in [2.05, 4.69) is 25.3 Å². The summed E-state index contributed by atoms with van der Waals surface area (Å²) in [6, 6.07) is 6.82. The van der Waals surface area contributed by atoms with Gasteiger partial charge in [-0.3, -0.25) is 0 Å². The van der Waals surface area contributed by atoms with E-state index in [-0.39, 0.29) is 16.3 Å². The van der Waals surface area contributed by atoms with Crippen LogP contribution in [0, 0.1) is 29.9 Å². The maximum atomic E-state index is 14.7. The van der Waals surface area contributed by atoms with Crippen molar-refractivity contribution in [3.05, 3.63) is 76.5 Å². The maximum absolute atomic E-state index is 14.7. The molecule has 0 bridgehead atoms. The average molecular weight is 437 g/mol. The molecule has 0 saturated carbocycles. The van der Waals surface area contributed by atoms with Crippen molar-refractivity contribution in [1.82, 2.24) is 19.9 Å². The van der Waals surface area contributed by atoms with E-state index in [1.165, 1.54) is 43.0 Å². The number of hydrogen-bond acceptors (Lipinski definition) is 6. The Morgan fingerprint density at radius 1 is 1.10 bits per heavy atom. The Labute approximate surface area is 181 Å². The second kappa shape index (κ2) is 8.20. The van der Waals surface area contributed by atoms with Crippen LogP contribution in [0.5, 0.6) is 0 Å². The summed E-state index contributed by atoms with van der Waals surface area (Å²) < 4.78 is 29.2. The van der Waals surface area contributed by atoms with Gasteiger partial charge in [-0.15, -0.1) is 0 Å². The van der Waals surface area contributed by atoms with Crippen LogP contribution >= 0.6 is 11.6 Å². The van der Waals surface area contributed by atoms with Gasteiger partial charge in [0.2, 0.25) is 0 Å². The maximum Gasteiger partial charge on any atom is 0.151 e. The Bertz CT molecular complexity index is 1340. The van der Waals surface area contributed by atoms with Gasteiger partial charge in [-0.1, -0.05) is 11.6 Å². The molecule has 1 atom stereocenters. The molecule has 0 aliphatic rings. The van der Waals surface area contributed by atoms with Gasteiger partial charge < -0.3 is 5.32 Å². The first kappa shape index (κ1) is 20.6. The van der Waals surface area contributed by atoms with E-state index in [4.69, 9.17) is 16.9 Å². The van der Waals surface area contributed by atoms with Crippen LogP contribution in [-0.4, -0.2) is 19.9 Å². The molecule has 3 aromatic heterocycles. The van der Waals surface area contributed by atoms with Gasteiger partial charge in [0.1, 0.15) is 23.4 Å². The van der Waals surface area contributed by atoms with Crippen molar-refractivity contribution < 1.29 is 8.78 Å². The number of halogens is 3. The van der Waals surface area contributed by atoms with Gasteiger partial charge >= 0.3 is 0 Å². The van der Waals surface area contributed by atoms with Crippen molar-refractivity contribution in [1.29, 1.82) is 5.26 Å². The third-order valence-electron chi connectivity index (χ3n) is 4.80. The van der Waals surface area contributed by atoms with Crippen molar-refractivity contribution in [2.45, 2.75) is 19.9 Å². The molecule has 31 heavy (non-hydrogen) atoms. The van der Waals surface area contributed by atoms with Crippen LogP contribution < -0.4 is 5.32 Å². The predicted molar refractivity (Wildman–Crippen MR) is 113 cm³/mol. The minimum Gasteiger partial charge on any atom is -0.375 e. The second-order valence-corrected chi connectivity index (χ2v) is 7.29. The molecule has 0 spiro atoms. The summed E-state index contributed by atoms with van der Waals surface area (Å²) in [5.41, 5.74) is 2.52. The smallest absolute Gasteiger partial charge is 0.151 e. The Morgan fingerprint density at radius 3 is 2.55 bits per heavy atom. The molecule has 0 unspecified atom stereocenters. The number of rotatable bonds is 4. The molecule has 154 valence electrons. The van der Waals surface area contributed by atoms with E-state index in [0.29, 0.717) is 33.5 Å². The third-order valence-corrected chi connectivity index (χ3v) is 5.27. The number of nitriles is 1. The monoisotopic (exact) mass is 436 g/mol. The molecule has 1 N–H and O–H groups in total. The van der Waals surface area contributed by atoms with Gasteiger partial charge in [-0.05, 0) is 32.0 Å². The summed E-state index contributed by atoms with van der Waals surface area (Å²) in [5, 5.41) is 12.6. The first-order valence-electron chi connectivity index (χ1n) is 9.27. The number of aromatic nitrogens is 4. The molecule has 0 fully saturated rings. The van der Waals surface area contributed by atoms with Crippen LogP contribution in [0.1, 0.15) is 29.8 Å². The minimum atomic E-state index is -0.580. The molecule has 0 aliphatic carbocycles. The fourth-order valence-electron chi connectivity index (χ4n) is 3.26. The van der Waals surface area contributed by atoms with Crippen LogP contribution in [0.3, 0.4) is 0 Å². The number of aryl methyl sites for hydroxylation is 1. The summed E-state index contributed by atoms with van der Waals surface area (Å²) >= 11 is 6.51. The van der Waals surface area contributed by atoms with Crippen LogP contribution in [0.4, 0.5) is 14.5 Å². The van der Waals surface area contributed by atoms with Gasteiger partial charge in [-0.2, -0.15) is 5.26 Å². The van der Waals surface area contributed by atoms with Crippen molar-refractivity contribution >= 4 is 28.3 Å². The second-order valence-electron chi connectivity index (χ2n) is 6.91. The summed E-state index contributed by atoms with van der Waals surface area (Å²) in [6.45, 7) is 3.42. The number of fused-ring (bicyclic) bond motifs is 1. The van der Waals surface area contributed by atoms with Gasteiger partial charge in [0, 0.05) is 29.6 Å². The highest BCUT2D eigenvalue weighted by molar-refractivity contribution is 6.35. The highest BCUT2D eigenvalue weighted by atomic mass is 35.5. The Balaban J connectivity index is 1.87. The third kappa shape index (κ3) is 3.88. The van der Waals surface area contributed by atoms with E-state index in [1.54, 1.807) is 13.8 Å². The molecule has 4 aromatic rings. The van der Waals surface area contributed by atoms with Gasteiger partial charge in [0.15, 0.2) is 5.82 Å². The molecule has 0 aliphatic heterocycles. The fourth-order valence-corrected chi connectivity index (χ4v) is 3.44. The summed E-state index contributed by atoms with van der Waals surface area (Å²) in [6.07, 6.45) is 4.24. The van der Waals surface area contributed by atoms with Gasteiger partial charge in [0.25, 0.3) is 0 Å². The molecule has 4 rings (SSSR count). The van der Waals surface area contributed by atoms with E-state index in [9.17, 15) is 8.78 Å². The summed E-state index contributed by atoms with van der Waals surface area (Å²) in [7, 11) is 0. The first-order valence-corrected chi connectivity index (χ1v) is 9.64. The lowest BCUT2D eigenvalue weighted by Crippen LogP contribution is -2.11. The molecule has 0 amide bonds. The van der Waals surface area contributed by atoms with E-state index >= 15 is 0 Å². The largest absolute Gasteiger partial charge is 0.375 e. The summed E-state index contributed by atoms with van der Waals surface area (Å²) in [4.78, 5) is 16.6. The topological polar surface area (TPSA) is 87.4 Å². The number of nitrogens with one attached hydrogen (secondary N) is 1. The molecular formula is C22H15ClF2N6. The van der Waals surface area contributed by atoms with E-state index in [1.807, 2.05) is 6.07 Å². The predicted octanol–water partition coefficient (Wildman–Crippen LogP) is 5.37. The van der Waals surface area contributed by atoms with E-state index < -0.39 is 17.7 Å². The molecule has 3 heterocycles. The zero-order chi connectivity index (χ0) is 22.1. The van der Waals surface area contributed by atoms with Crippen molar-refractivity contribution in [3.63, 3.8) is 0 Å². The lowest BCUT2D eigenvalue weighted by atomic mass is 10.0. The van der Waals surface area contributed by atoms with Crippen molar-refractivity contribution in [2.75, 3.05) is 5.32 Å². The average Bonchev–Trinajstić information content (AvgIpc) is 2.77. The highest BCUT2D eigenvalue weighted by Gasteiger charge is 2.20. The fraction of sp³-hybridized carbons (Fsp3) is 0.136. The number of pyridine rings is 2. The summed E-state index contributed by atoms with van der Waals surface area (Å²) in [5.74, 6) is -1.05. The van der Waals surface area contributed by atoms with Crippen molar-refractivity contribution in [3.8, 4) is 17.3 Å². The molecule has 0 saturated heterocycles. The normalized spacial score (nSPS) is 11.9. The minimum absolute atomic E-state index is 0.0446. The lowest BCUT2D eigenvalue weighted by Gasteiger charge is -2.20. The van der Waals surface area contributed by atoms with Gasteiger partial charge in [-0.25, -0.2) is 28.7 Å². The van der Waals surface area contributed by atoms with Crippen LogP contribution in [0.25, 0.3) is 22.3 Å². The standard InChI is InChI=1S/C22H15ClF2N6/c1-11(15-5-13(7-26)3-4-16(15)24)30-22-19(23)12(2)29-18-6-17(25)20(31-21(18)22)14-8-27-10-28-9-14/h3-6,8-11H,1-2H3,(H,29,30)/t11-/m1/s1. The Kier molecular flexibility index (Phi) is 5.44. The number of nitrogens with zero attached hydrogens (tertiary/aromatic N) is 5.